The van der Waals surface area contributed by atoms with Gasteiger partial charge in [-0.1, -0.05) is 0 Å². The predicted octanol–water partition coefficient (Wildman–Crippen LogP) is -1.71. The maximum Gasteiger partial charge on any atom is 0.325 e. The van der Waals surface area contributed by atoms with Gasteiger partial charge in [0.2, 0.25) is 10.0 Å². The van der Waals surface area contributed by atoms with Gasteiger partial charge in [-0.3, -0.25) is 9.48 Å². The Morgan fingerprint density at radius 1 is 1.42 bits per heavy atom. The maximum absolute atomic E-state index is 11.7. The fourth-order valence-electron chi connectivity index (χ4n) is 1.15. The quantitative estimate of drug-likeness (QED) is 0.612. The molecule has 1 rings (SSSR count). The molecule has 108 valence electrons. The Morgan fingerprint density at radius 3 is 2.58 bits per heavy atom. The molecule has 0 amide bonds. The summed E-state index contributed by atoms with van der Waals surface area (Å²) in [7, 11) is -7.15. The molecular weight excluding hydrogens is 298 g/mol. The van der Waals surface area contributed by atoms with Gasteiger partial charge in [-0.05, 0) is 0 Å². The number of hydrogen-bond donors (Lipinski definition) is 2. The number of hydrogen-bond acceptors (Lipinski definition) is 6. The molecule has 19 heavy (non-hydrogen) atoms. The molecule has 9 nitrogen and oxygen atoms in total. The summed E-state index contributed by atoms with van der Waals surface area (Å²) >= 11 is 0. The molecule has 1 aromatic heterocycles. The minimum Gasteiger partial charge on any atom is -0.480 e. The number of carboxylic acid groups (broad SMARTS) is 1. The number of aliphatic carboxylic acids is 1. The van der Waals surface area contributed by atoms with Gasteiger partial charge in [0.05, 0.1) is 11.9 Å². The summed E-state index contributed by atoms with van der Waals surface area (Å²) in [5.41, 5.74) is 0. The van der Waals surface area contributed by atoms with Crippen LogP contribution in [0.25, 0.3) is 0 Å². The van der Waals surface area contributed by atoms with Crippen LogP contribution in [-0.4, -0.2) is 56.2 Å². The summed E-state index contributed by atoms with van der Waals surface area (Å²) in [6, 6.07) is 0. The van der Waals surface area contributed by atoms with Crippen LogP contribution in [-0.2, 0) is 31.2 Å². The van der Waals surface area contributed by atoms with Gasteiger partial charge in [0.15, 0.2) is 0 Å². The van der Waals surface area contributed by atoms with E-state index >= 15 is 0 Å². The van der Waals surface area contributed by atoms with E-state index in [4.69, 9.17) is 5.11 Å². The largest absolute Gasteiger partial charge is 0.480 e. The van der Waals surface area contributed by atoms with Crippen LogP contribution in [0.1, 0.15) is 0 Å². The summed E-state index contributed by atoms with van der Waals surface area (Å²) < 4.78 is 48.2. The lowest BCUT2D eigenvalue weighted by molar-refractivity contribution is -0.137. The van der Waals surface area contributed by atoms with E-state index in [0.717, 1.165) is 23.3 Å². The van der Waals surface area contributed by atoms with Crippen molar-refractivity contribution in [1.82, 2.24) is 14.5 Å². The van der Waals surface area contributed by atoms with Crippen molar-refractivity contribution in [3.8, 4) is 0 Å². The van der Waals surface area contributed by atoms with E-state index in [0.29, 0.717) is 0 Å². The Labute approximate surface area is 110 Å². The summed E-state index contributed by atoms with van der Waals surface area (Å²) in [6.07, 6.45) is 3.04. The standard InChI is InChI=1S/C8H13N3O6S2/c1-18(14,15)3-2-10-19(16,17)7-4-9-11(5-7)6-8(12)13/h4-5,10H,2-3,6H2,1H3,(H,12,13). The maximum atomic E-state index is 11.7. The molecule has 11 heteroatoms. The Bertz CT molecular complexity index is 660. The number of nitrogens with one attached hydrogen (secondary N) is 1. The van der Waals surface area contributed by atoms with Crippen LogP contribution in [0.4, 0.5) is 0 Å². The molecule has 0 spiro atoms. The summed E-state index contributed by atoms with van der Waals surface area (Å²) in [5, 5.41) is 12.1. The molecular formula is C8H13N3O6S2. The van der Waals surface area contributed by atoms with E-state index in [1.807, 2.05) is 0 Å². The van der Waals surface area contributed by atoms with Gasteiger partial charge in [0.1, 0.15) is 21.3 Å². The monoisotopic (exact) mass is 311 g/mol. The van der Waals surface area contributed by atoms with Gasteiger partial charge in [-0.2, -0.15) is 5.10 Å². The van der Waals surface area contributed by atoms with Crippen LogP contribution in [0.5, 0.6) is 0 Å². The second-order valence-corrected chi connectivity index (χ2v) is 7.82. The highest BCUT2D eigenvalue weighted by Gasteiger charge is 2.17. The lowest BCUT2D eigenvalue weighted by Gasteiger charge is -2.03. The number of carboxylic acids is 1. The number of rotatable bonds is 7. The van der Waals surface area contributed by atoms with E-state index in [9.17, 15) is 21.6 Å². The van der Waals surface area contributed by atoms with Gasteiger partial charge in [0, 0.05) is 19.0 Å². The Morgan fingerprint density at radius 2 is 2.05 bits per heavy atom. The van der Waals surface area contributed by atoms with Crippen LogP contribution in [0, 0.1) is 0 Å². The first-order valence-electron chi connectivity index (χ1n) is 5.02. The molecule has 1 heterocycles. The first kappa shape index (κ1) is 15.6. The molecule has 0 bridgehead atoms. The lowest BCUT2D eigenvalue weighted by atomic mass is 10.6. The molecule has 0 fully saturated rings. The Hall–Kier alpha value is -1.46. The van der Waals surface area contributed by atoms with Crippen molar-refractivity contribution in [2.45, 2.75) is 11.4 Å². The minimum absolute atomic E-state index is 0.220. The summed E-state index contributed by atoms with van der Waals surface area (Å²) in [6.45, 7) is -0.718. The van der Waals surface area contributed by atoms with E-state index in [2.05, 4.69) is 9.82 Å². The second-order valence-electron chi connectivity index (χ2n) is 3.80. The molecule has 1 aromatic rings. The Balaban J connectivity index is 2.72. The third kappa shape index (κ3) is 5.36. The third-order valence-electron chi connectivity index (χ3n) is 1.98. The molecule has 0 aliphatic rings. The topological polar surface area (TPSA) is 135 Å². The number of nitrogens with zero attached hydrogens (tertiary/aromatic N) is 2. The third-order valence-corrected chi connectivity index (χ3v) is 4.34. The van der Waals surface area contributed by atoms with Crippen molar-refractivity contribution < 1.29 is 26.7 Å². The Kier molecular flexibility index (Phi) is 4.66. The van der Waals surface area contributed by atoms with Crippen molar-refractivity contribution in [3.05, 3.63) is 12.4 Å². The van der Waals surface area contributed by atoms with E-state index < -0.39 is 32.4 Å². The molecule has 0 unspecified atom stereocenters. The summed E-state index contributed by atoms with van der Waals surface area (Å²) in [4.78, 5) is 10.2. The molecule has 0 aromatic carbocycles. The van der Waals surface area contributed by atoms with Crippen molar-refractivity contribution in [2.75, 3.05) is 18.6 Å². The summed E-state index contributed by atoms with van der Waals surface area (Å²) in [5.74, 6) is -1.48. The van der Waals surface area contributed by atoms with Gasteiger partial charge in [-0.25, -0.2) is 21.6 Å². The SMILES string of the molecule is CS(=O)(=O)CCNS(=O)(=O)c1cnn(CC(=O)O)c1. The number of sulfonamides is 1. The molecule has 0 aliphatic heterocycles. The zero-order valence-corrected chi connectivity index (χ0v) is 11.6. The van der Waals surface area contributed by atoms with Gasteiger partial charge in [0.25, 0.3) is 0 Å². The van der Waals surface area contributed by atoms with Crippen molar-refractivity contribution in [3.63, 3.8) is 0 Å². The minimum atomic E-state index is -3.89. The van der Waals surface area contributed by atoms with Gasteiger partial charge >= 0.3 is 5.97 Å². The molecule has 0 aliphatic carbocycles. The number of sulfone groups is 1. The van der Waals surface area contributed by atoms with Crippen molar-refractivity contribution >= 4 is 25.8 Å². The van der Waals surface area contributed by atoms with Gasteiger partial charge in [-0.15, -0.1) is 0 Å². The molecule has 0 radical (unpaired) electrons. The molecule has 2 N–H and O–H groups in total. The smallest absolute Gasteiger partial charge is 0.325 e. The average Bonchev–Trinajstić information content (AvgIpc) is 2.63. The second kappa shape index (κ2) is 5.67. The van der Waals surface area contributed by atoms with E-state index in [-0.39, 0.29) is 17.2 Å². The predicted molar refractivity (Wildman–Crippen MR) is 64.8 cm³/mol. The van der Waals surface area contributed by atoms with Gasteiger partial charge < -0.3 is 5.11 Å². The highest BCUT2D eigenvalue weighted by Crippen LogP contribution is 2.06. The normalized spacial score (nSPS) is 12.5. The van der Waals surface area contributed by atoms with Crippen LogP contribution < -0.4 is 4.72 Å². The first-order chi connectivity index (χ1) is 8.60. The lowest BCUT2D eigenvalue weighted by Crippen LogP contribution is -2.28. The fourth-order valence-corrected chi connectivity index (χ4v) is 2.74. The van der Waals surface area contributed by atoms with Crippen LogP contribution in [0.3, 0.4) is 0 Å². The molecule has 0 saturated carbocycles. The average molecular weight is 311 g/mol. The van der Waals surface area contributed by atoms with E-state index in [1.54, 1.807) is 0 Å². The molecule has 0 saturated heterocycles. The van der Waals surface area contributed by atoms with Crippen LogP contribution in [0.15, 0.2) is 17.3 Å². The zero-order valence-electron chi connectivity index (χ0n) is 9.98. The van der Waals surface area contributed by atoms with Crippen LogP contribution >= 0.6 is 0 Å². The van der Waals surface area contributed by atoms with Crippen molar-refractivity contribution in [2.24, 2.45) is 0 Å². The van der Waals surface area contributed by atoms with Crippen LogP contribution in [0.2, 0.25) is 0 Å². The first-order valence-corrected chi connectivity index (χ1v) is 8.56. The molecule has 0 atom stereocenters. The highest BCUT2D eigenvalue weighted by molar-refractivity contribution is 7.91. The van der Waals surface area contributed by atoms with Crippen molar-refractivity contribution in [1.29, 1.82) is 0 Å². The zero-order chi connectivity index (χ0) is 14.7. The number of carbonyl (C=O) groups is 1. The highest BCUT2D eigenvalue weighted by atomic mass is 32.2. The fraction of sp³-hybridized carbons (Fsp3) is 0.500. The number of aromatic nitrogens is 2. The van der Waals surface area contributed by atoms with E-state index in [1.165, 1.54) is 0 Å².